The van der Waals surface area contributed by atoms with Gasteiger partial charge in [0.25, 0.3) is 5.91 Å². The van der Waals surface area contributed by atoms with Gasteiger partial charge in [0.15, 0.2) is 11.5 Å². The Balaban J connectivity index is 1.50. The van der Waals surface area contributed by atoms with E-state index in [2.05, 4.69) is 10.2 Å². The minimum absolute atomic E-state index is 0.164. The summed E-state index contributed by atoms with van der Waals surface area (Å²) in [6.45, 7) is 2.94. The van der Waals surface area contributed by atoms with Crippen LogP contribution < -0.4 is 9.47 Å². The van der Waals surface area contributed by atoms with Gasteiger partial charge in [-0.05, 0) is 42.8 Å². The zero-order valence-corrected chi connectivity index (χ0v) is 21.4. The van der Waals surface area contributed by atoms with Crippen LogP contribution in [0.3, 0.4) is 0 Å². The molecule has 0 atom stereocenters. The van der Waals surface area contributed by atoms with E-state index in [1.54, 1.807) is 35.2 Å². The second-order valence-corrected chi connectivity index (χ2v) is 8.77. The molecule has 7 nitrogen and oxygen atoms in total. The summed E-state index contributed by atoms with van der Waals surface area (Å²) in [6, 6.07) is 19.8. The van der Waals surface area contributed by atoms with Crippen LogP contribution in [0.1, 0.15) is 35.2 Å². The highest BCUT2D eigenvalue weighted by Gasteiger charge is 2.21. The number of rotatable bonds is 10. The van der Waals surface area contributed by atoms with Crippen LogP contribution in [-0.4, -0.2) is 34.7 Å². The van der Waals surface area contributed by atoms with Gasteiger partial charge in [-0.2, -0.15) is 0 Å². The molecule has 0 N–H and O–H groups in total. The molecule has 0 aliphatic heterocycles. The van der Waals surface area contributed by atoms with Crippen LogP contribution in [0.5, 0.6) is 11.5 Å². The number of halogens is 2. The number of benzene rings is 3. The molecule has 0 saturated heterocycles. The number of carbonyl (C=O) groups excluding carboxylic acids is 1. The minimum Gasteiger partial charge on any atom is -0.493 e. The van der Waals surface area contributed by atoms with Gasteiger partial charge in [-0.1, -0.05) is 60.5 Å². The van der Waals surface area contributed by atoms with Crippen LogP contribution in [0.15, 0.2) is 71.1 Å². The first-order chi connectivity index (χ1) is 17.5. The molecule has 36 heavy (non-hydrogen) atoms. The third kappa shape index (κ3) is 5.98. The predicted octanol–water partition coefficient (Wildman–Crippen LogP) is 6.68. The van der Waals surface area contributed by atoms with Gasteiger partial charge >= 0.3 is 0 Å². The Morgan fingerprint density at radius 2 is 1.72 bits per heavy atom. The molecule has 0 spiro atoms. The molecule has 1 heterocycles. The lowest BCUT2D eigenvalue weighted by molar-refractivity contribution is 0.0728. The summed E-state index contributed by atoms with van der Waals surface area (Å²) in [5.41, 5.74) is 1.95. The van der Waals surface area contributed by atoms with Crippen molar-refractivity contribution in [2.24, 2.45) is 0 Å². The van der Waals surface area contributed by atoms with Crippen LogP contribution >= 0.6 is 23.2 Å². The zero-order chi connectivity index (χ0) is 25.5. The van der Waals surface area contributed by atoms with Crippen molar-refractivity contribution in [3.8, 4) is 23.0 Å². The summed E-state index contributed by atoms with van der Waals surface area (Å²) in [6.07, 6.45) is 0.757. The summed E-state index contributed by atoms with van der Waals surface area (Å²) in [5, 5.41) is 9.35. The monoisotopic (exact) mass is 525 g/mol. The van der Waals surface area contributed by atoms with Crippen molar-refractivity contribution in [1.82, 2.24) is 15.1 Å². The molecular weight excluding hydrogens is 501 g/mol. The highest BCUT2D eigenvalue weighted by molar-refractivity contribution is 6.33. The van der Waals surface area contributed by atoms with Crippen molar-refractivity contribution in [2.45, 2.75) is 26.5 Å². The largest absolute Gasteiger partial charge is 0.493 e. The Bertz CT molecular complexity index is 1340. The van der Waals surface area contributed by atoms with E-state index >= 15 is 0 Å². The lowest BCUT2D eigenvalue weighted by atomic mass is 10.1. The lowest BCUT2D eigenvalue weighted by Crippen LogP contribution is -2.31. The molecule has 0 aliphatic carbocycles. The van der Waals surface area contributed by atoms with Gasteiger partial charge in [0.1, 0.15) is 6.61 Å². The Morgan fingerprint density at radius 1 is 0.972 bits per heavy atom. The number of hydrogen-bond acceptors (Lipinski definition) is 6. The minimum atomic E-state index is -0.190. The fraction of sp³-hybridized carbons (Fsp3) is 0.222. The molecule has 9 heteroatoms. The summed E-state index contributed by atoms with van der Waals surface area (Å²) in [4.78, 5) is 15.0. The number of amides is 1. The van der Waals surface area contributed by atoms with Gasteiger partial charge in [0.05, 0.1) is 24.2 Å². The average Bonchev–Trinajstić information content (AvgIpc) is 3.36. The van der Waals surface area contributed by atoms with Crippen molar-refractivity contribution in [2.75, 3.05) is 13.7 Å². The highest BCUT2D eigenvalue weighted by atomic mass is 35.5. The second-order valence-electron chi connectivity index (χ2n) is 7.95. The number of nitrogens with zero attached hydrogens (tertiary/aromatic N) is 3. The number of methoxy groups -OCH3 is 1. The van der Waals surface area contributed by atoms with E-state index in [1.807, 2.05) is 43.3 Å². The number of ether oxygens (including phenoxy) is 2. The van der Waals surface area contributed by atoms with Crippen LogP contribution in [0.4, 0.5) is 0 Å². The van der Waals surface area contributed by atoms with E-state index in [4.69, 9.17) is 37.1 Å². The van der Waals surface area contributed by atoms with Crippen molar-refractivity contribution in [3.63, 3.8) is 0 Å². The van der Waals surface area contributed by atoms with Gasteiger partial charge in [-0.25, -0.2) is 0 Å². The van der Waals surface area contributed by atoms with E-state index in [1.165, 1.54) is 7.11 Å². The number of carbonyl (C=O) groups is 1. The van der Waals surface area contributed by atoms with E-state index in [9.17, 15) is 4.79 Å². The Labute approximate surface area is 219 Å². The fourth-order valence-electron chi connectivity index (χ4n) is 3.62. The Kier molecular flexibility index (Phi) is 8.46. The van der Waals surface area contributed by atoms with Crippen LogP contribution in [-0.2, 0) is 13.2 Å². The summed E-state index contributed by atoms with van der Waals surface area (Å²) >= 11 is 12.5. The maximum atomic E-state index is 13.4. The standard InChI is InChI=1S/C27H25Cl2N3O4/c1-3-14-32(16-25-30-31-26(36-25)20-9-5-7-11-22(20)29)27(33)18-12-13-23(24(15-18)34-2)35-17-19-8-4-6-10-21(19)28/h4-13,15H,3,14,16-17H2,1-2H3. The molecule has 4 rings (SSSR count). The molecule has 0 unspecified atom stereocenters. The first-order valence-corrected chi connectivity index (χ1v) is 12.2. The molecule has 0 bridgehead atoms. The molecule has 3 aromatic carbocycles. The molecule has 4 aromatic rings. The van der Waals surface area contributed by atoms with Crippen LogP contribution in [0.2, 0.25) is 10.0 Å². The van der Waals surface area contributed by atoms with E-state index in [0.29, 0.717) is 51.0 Å². The van der Waals surface area contributed by atoms with Crippen molar-refractivity contribution < 1.29 is 18.7 Å². The Hall–Kier alpha value is -3.55. The smallest absolute Gasteiger partial charge is 0.254 e. The summed E-state index contributed by atoms with van der Waals surface area (Å²) < 4.78 is 17.2. The molecule has 1 aromatic heterocycles. The maximum absolute atomic E-state index is 13.4. The van der Waals surface area contributed by atoms with Gasteiger partial charge in [0, 0.05) is 22.7 Å². The zero-order valence-electron chi connectivity index (χ0n) is 19.9. The molecule has 0 radical (unpaired) electrons. The third-order valence-electron chi connectivity index (χ3n) is 5.43. The maximum Gasteiger partial charge on any atom is 0.254 e. The molecule has 0 saturated carbocycles. The molecule has 1 amide bonds. The fourth-order valence-corrected chi connectivity index (χ4v) is 4.03. The molecule has 0 aliphatic rings. The lowest BCUT2D eigenvalue weighted by Gasteiger charge is -2.21. The van der Waals surface area contributed by atoms with Crippen LogP contribution in [0, 0.1) is 0 Å². The Morgan fingerprint density at radius 3 is 2.44 bits per heavy atom. The molecule has 186 valence electrons. The quantitative estimate of drug-likeness (QED) is 0.229. The normalized spacial score (nSPS) is 10.8. The summed E-state index contributed by atoms with van der Waals surface area (Å²) in [5.74, 6) is 1.39. The number of hydrogen-bond donors (Lipinski definition) is 0. The van der Waals surface area contributed by atoms with Gasteiger partial charge in [0.2, 0.25) is 11.8 Å². The average molecular weight is 526 g/mol. The van der Waals surface area contributed by atoms with Crippen molar-refractivity contribution >= 4 is 29.1 Å². The first kappa shape index (κ1) is 25.5. The highest BCUT2D eigenvalue weighted by Crippen LogP contribution is 2.31. The van der Waals surface area contributed by atoms with E-state index in [0.717, 1.165) is 12.0 Å². The topological polar surface area (TPSA) is 77.7 Å². The third-order valence-corrected chi connectivity index (χ3v) is 6.13. The predicted molar refractivity (Wildman–Crippen MR) is 139 cm³/mol. The second kappa shape index (κ2) is 11.9. The van der Waals surface area contributed by atoms with Crippen molar-refractivity contribution in [3.05, 3.63) is 93.8 Å². The van der Waals surface area contributed by atoms with Gasteiger partial charge < -0.3 is 18.8 Å². The molecule has 0 fully saturated rings. The summed E-state index contributed by atoms with van der Waals surface area (Å²) in [7, 11) is 1.53. The van der Waals surface area contributed by atoms with Gasteiger partial charge in [-0.3, -0.25) is 4.79 Å². The van der Waals surface area contributed by atoms with E-state index < -0.39 is 0 Å². The number of aromatic nitrogens is 2. The van der Waals surface area contributed by atoms with Crippen LogP contribution in [0.25, 0.3) is 11.5 Å². The van der Waals surface area contributed by atoms with Gasteiger partial charge in [-0.15, -0.1) is 10.2 Å². The van der Waals surface area contributed by atoms with Crippen molar-refractivity contribution in [1.29, 1.82) is 0 Å². The first-order valence-electron chi connectivity index (χ1n) is 11.4. The van der Waals surface area contributed by atoms with E-state index in [-0.39, 0.29) is 19.1 Å². The molecular formula is C27H25Cl2N3O4. The SMILES string of the molecule is CCCN(Cc1nnc(-c2ccccc2Cl)o1)C(=O)c1ccc(OCc2ccccc2Cl)c(OC)c1.